The number of amides is 1. The van der Waals surface area contributed by atoms with E-state index in [0.717, 1.165) is 0 Å². The molecule has 0 spiro atoms. The van der Waals surface area contributed by atoms with Gasteiger partial charge in [0.05, 0.1) is 12.6 Å². The highest BCUT2D eigenvalue weighted by molar-refractivity contribution is 5.97. The first kappa shape index (κ1) is 13.0. The maximum absolute atomic E-state index is 11.7. The zero-order valence-electron chi connectivity index (χ0n) is 10.3. The quantitative estimate of drug-likeness (QED) is 0.730. The van der Waals surface area contributed by atoms with Crippen molar-refractivity contribution in [2.45, 2.75) is 38.8 Å². The Hall–Kier alpha value is -1.10. The SMILES string of the molecule is COCC[C@@H]1C(=O)CN1C(=O)OC(C)(C)C. The molecule has 0 radical (unpaired) electrons. The number of likely N-dealkylation sites (tertiary alicyclic amines) is 1. The van der Waals surface area contributed by atoms with Gasteiger partial charge in [0.2, 0.25) is 0 Å². The molecular weight excluding hydrogens is 210 g/mol. The lowest BCUT2D eigenvalue weighted by Gasteiger charge is -2.39. The molecule has 1 saturated heterocycles. The van der Waals surface area contributed by atoms with Gasteiger partial charge in [0.25, 0.3) is 0 Å². The fraction of sp³-hybridized carbons (Fsp3) is 0.818. The number of carbonyl (C=O) groups is 2. The predicted octanol–water partition coefficient (Wildman–Crippen LogP) is 1.21. The lowest BCUT2D eigenvalue weighted by Crippen LogP contribution is -2.60. The molecule has 16 heavy (non-hydrogen) atoms. The molecule has 1 rings (SSSR count). The van der Waals surface area contributed by atoms with E-state index in [9.17, 15) is 9.59 Å². The average molecular weight is 229 g/mol. The standard InChI is InChI=1S/C11H19NO4/c1-11(2,3)16-10(14)12-7-9(13)8(12)5-6-15-4/h8H,5-7H2,1-4H3/t8-/m1/s1. The number of Topliss-reactive ketones (excluding diaryl/α,β-unsaturated/α-hetero) is 1. The van der Waals surface area contributed by atoms with Crippen LogP contribution in [0.2, 0.25) is 0 Å². The minimum absolute atomic E-state index is 0.0721. The summed E-state index contributed by atoms with van der Waals surface area (Å²) < 4.78 is 10.1. The number of hydrogen-bond donors (Lipinski definition) is 0. The normalized spacial score (nSPS) is 20.6. The first-order chi connectivity index (χ1) is 7.35. The zero-order chi connectivity index (χ0) is 12.3. The van der Waals surface area contributed by atoms with Crippen molar-refractivity contribution in [2.24, 2.45) is 0 Å². The molecule has 1 atom stereocenters. The summed E-state index contributed by atoms with van der Waals surface area (Å²) in [5.74, 6) is 0.0721. The number of nitrogens with zero attached hydrogens (tertiary/aromatic N) is 1. The number of ketones is 1. The van der Waals surface area contributed by atoms with Gasteiger partial charge in [-0.15, -0.1) is 0 Å². The van der Waals surface area contributed by atoms with Gasteiger partial charge in [-0.1, -0.05) is 0 Å². The molecule has 0 bridgehead atoms. The van der Waals surface area contributed by atoms with E-state index < -0.39 is 11.7 Å². The molecule has 1 fully saturated rings. The molecule has 1 heterocycles. The Labute approximate surface area is 95.7 Å². The molecule has 5 nitrogen and oxygen atoms in total. The molecule has 0 saturated carbocycles. The highest BCUT2D eigenvalue weighted by Crippen LogP contribution is 2.20. The van der Waals surface area contributed by atoms with Crippen LogP contribution in [-0.2, 0) is 14.3 Å². The topological polar surface area (TPSA) is 55.8 Å². The van der Waals surface area contributed by atoms with Gasteiger partial charge in [-0.05, 0) is 27.2 Å². The van der Waals surface area contributed by atoms with Crippen LogP contribution in [0.15, 0.2) is 0 Å². The van der Waals surface area contributed by atoms with Crippen molar-refractivity contribution in [3.05, 3.63) is 0 Å². The van der Waals surface area contributed by atoms with Gasteiger partial charge in [-0.3, -0.25) is 9.69 Å². The maximum atomic E-state index is 11.7. The largest absolute Gasteiger partial charge is 0.444 e. The highest BCUT2D eigenvalue weighted by atomic mass is 16.6. The number of rotatable bonds is 3. The van der Waals surface area contributed by atoms with E-state index in [4.69, 9.17) is 9.47 Å². The molecule has 0 unspecified atom stereocenters. The van der Waals surface area contributed by atoms with E-state index in [1.54, 1.807) is 27.9 Å². The molecule has 0 aromatic carbocycles. The van der Waals surface area contributed by atoms with Crippen molar-refractivity contribution >= 4 is 11.9 Å². The van der Waals surface area contributed by atoms with Gasteiger partial charge in [0.1, 0.15) is 5.60 Å². The minimum Gasteiger partial charge on any atom is -0.444 e. The van der Waals surface area contributed by atoms with E-state index in [1.807, 2.05) is 0 Å². The third-order valence-corrected chi connectivity index (χ3v) is 2.30. The smallest absolute Gasteiger partial charge is 0.411 e. The van der Waals surface area contributed by atoms with E-state index in [-0.39, 0.29) is 18.4 Å². The molecule has 0 N–H and O–H groups in total. The summed E-state index contributed by atoms with van der Waals surface area (Å²) >= 11 is 0. The monoisotopic (exact) mass is 229 g/mol. The summed E-state index contributed by atoms with van der Waals surface area (Å²) in [6.45, 7) is 6.03. The highest BCUT2D eigenvalue weighted by Gasteiger charge is 2.42. The molecule has 1 aliphatic rings. The minimum atomic E-state index is -0.526. The Kier molecular flexibility index (Phi) is 3.91. The van der Waals surface area contributed by atoms with Gasteiger partial charge < -0.3 is 9.47 Å². The summed E-state index contributed by atoms with van der Waals surface area (Å²) in [4.78, 5) is 24.4. The second-order valence-electron chi connectivity index (χ2n) is 4.87. The van der Waals surface area contributed by atoms with Crippen molar-refractivity contribution in [3.8, 4) is 0 Å². The lowest BCUT2D eigenvalue weighted by molar-refractivity contribution is -0.136. The van der Waals surface area contributed by atoms with Crippen LogP contribution < -0.4 is 0 Å². The van der Waals surface area contributed by atoms with Crippen LogP contribution in [0.3, 0.4) is 0 Å². The molecule has 0 aromatic heterocycles. The Balaban J connectivity index is 2.48. The molecule has 5 heteroatoms. The number of ether oxygens (including phenoxy) is 2. The fourth-order valence-electron chi connectivity index (χ4n) is 1.50. The van der Waals surface area contributed by atoms with E-state index in [2.05, 4.69) is 0 Å². The van der Waals surface area contributed by atoms with Gasteiger partial charge >= 0.3 is 6.09 Å². The van der Waals surface area contributed by atoms with Crippen molar-refractivity contribution < 1.29 is 19.1 Å². The molecule has 1 aliphatic heterocycles. The van der Waals surface area contributed by atoms with Crippen LogP contribution in [0.4, 0.5) is 4.79 Å². The van der Waals surface area contributed by atoms with Crippen LogP contribution in [0.1, 0.15) is 27.2 Å². The van der Waals surface area contributed by atoms with Crippen LogP contribution in [0, 0.1) is 0 Å². The Morgan fingerprint density at radius 1 is 1.50 bits per heavy atom. The van der Waals surface area contributed by atoms with Crippen molar-refractivity contribution in [1.29, 1.82) is 0 Å². The fourth-order valence-corrected chi connectivity index (χ4v) is 1.50. The zero-order valence-corrected chi connectivity index (χ0v) is 10.3. The number of carbonyl (C=O) groups excluding carboxylic acids is 2. The van der Waals surface area contributed by atoms with Crippen LogP contribution >= 0.6 is 0 Å². The van der Waals surface area contributed by atoms with Crippen LogP contribution in [-0.4, -0.2) is 48.7 Å². The molecular formula is C11H19NO4. The Morgan fingerprint density at radius 3 is 2.56 bits per heavy atom. The molecule has 0 aromatic rings. The molecule has 0 aliphatic carbocycles. The van der Waals surface area contributed by atoms with Crippen molar-refractivity contribution in [1.82, 2.24) is 4.90 Å². The second-order valence-corrected chi connectivity index (χ2v) is 4.87. The third-order valence-electron chi connectivity index (χ3n) is 2.30. The third kappa shape index (κ3) is 3.20. The summed E-state index contributed by atoms with van der Waals surface area (Å²) in [5.41, 5.74) is -0.526. The van der Waals surface area contributed by atoms with Gasteiger partial charge in [0.15, 0.2) is 5.78 Å². The summed E-state index contributed by atoms with van der Waals surface area (Å²) in [6, 6.07) is -0.366. The lowest BCUT2D eigenvalue weighted by atomic mass is 9.99. The predicted molar refractivity (Wildman–Crippen MR) is 58.2 cm³/mol. The number of methoxy groups -OCH3 is 1. The first-order valence-corrected chi connectivity index (χ1v) is 5.36. The van der Waals surface area contributed by atoms with Gasteiger partial charge in [-0.2, -0.15) is 0 Å². The average Bonchev–Trinajstić information content (AvgIpc) is 2.11. The number of hydrogen-bond acceptors (Lipinski definition) is 4. The van der Waals surface area contributed by atoms with E-state index >= 15 is 0 Å². The van der Waals surface area contributed by atoms with Gasteiger partial charge in [0, 0.05) is 13.7 Å². The molecule has 1 amide bonds. The Morgan fingerprint density at radius 2 is 2.12 bits per heavy atom. The summed E-state index contributed by atoms with van der Waals surface area (Å²) in [7, 11) is 1.57. The van der Waals surface area contributed by atoms with Crippen LogP contribution in [0.25, 0.3) is 0 Å². The molecule has 92 valence electrons. The van der Waals surface area contributed by atoms with Gasteiger partial charge in [-0.25, -0.2) is 4.79 Å². The Bertz CT molecular complexity index is 282. The summed E-state index contributed by atoms with van der Waals surface area (Å²) in [5, 5.41) is 0. The maximum Gasteiger partial charge on any atom is 0.411 e. The van der Waals surface area contributed by atoms with Crippen LogP contribution in [0.5, 0.6) is 0 Å². The van der Waals surface area contributed by atoms with Crippen molar-refractivity contribution in [3.63, 3.8) is 0 Å². The summed E-state index contributed by atoms with van der Waals surface area (Å²) in [6.07, 6.45) is 0.113. The van der Waals surface area contributed by atoms with E-state index in [1.165, 1.54) is 4.90 Å². The first-order valence-electron chi connectivity index (χ1n) is 5.36. The van der Waals surface area contributed by atoms with E-state index in [0.29, 0.717) is 13.0 Å². The van der Waals surface area contributed by atoms with Crippen molar-refractivity contribution in [2.75, 3.05) is 20.3 Å². The second kappa shape index (κ2) is 4.82.